The Kier molecular flexibility index (Phi) is 8.31. The molecule has 0 radical (unpaired) electrons. The molecule has 5 rings (SSSR count). The first-order valence-electron chi connectivity index (χ1n) is 13.0. The highest BCUT2D eigenvalue weighted by molar-refractivity contribution is 8.16. The van der Waals surface area contributed by atoms with Gasteiger partial charge in [0.25, 0.3) is 0 Å². The maximum atomic E-state index is 13.4. The Morgan fingerprint density at radius 2 is 1.77 bits per heavy atom. The number of nitrogens with one attached hydrogen (secondary N) is 1. The molecule has 2 aliphatic heterocycles. The van der Waals surface area contributed by atoms with E-state index in [1.807, 2.05) is 97.8 Å². The third kappa shape index (κ3) is 6.26. The van der Waals surface area contributed by atoms with Crippen LogP contribution >= 0.6 is 11.8 Å². The molecule has 1 N–H and O–H groups in total. The number of amides is 1. The monoisotopic (exact) mass is 554 g/mol. The average molecular weight is 555 g/mol. The zero-order chi connectivity index (χ0) is 28.1. The van der Waals surface area contributed by atoms with Crippen molar-refractivity contribution in [1.82, 2.24) is 15.2 Å². The van der Waals surface area contributed by atoms with Crippen LogP contribution in [0.25, 0.3) is 0 Å². The first-order chi connectivity index (χ1) is 19.4. The number of fused-ring (bicyclic) bond motifs is 1. The highest BCUT2D eigenvalue weighted by Crippen LogP contribution is 2.45. The van der Waals surface area contributed by atoms with Crippen LogP contribution in [-0.4, -0.2) is 33.0 Å². The number of rotatable bonds is 9. The van der Waals surface area contributed by atoms with Crippen molar-refractivity contribution in [2.45, 2.75) is 45.9 Å². The zero-order valence-corrected chi connectivity index (χ0v) is 23.4. The van der Waals surface area contributed by atoms with Crippen molar-refractivity contribution in [3.05, 3.63) is 113 Å². The fourth-order valence-corrected chi connectivity index (χ4v) is 5.49. The van der Waals surface area contributed by atoms with Crippen molar-refractivity contribution in [3.8, 4) is 11.5 Å². The standard InChI is InChI=1S/C31H30N4O4S/c1-20(2)38-30(37)28-21(3)34-31-35(24(19-40-31)17-27(36)33-18-22-12-14-32-15-13-22)29(28)23-8-7-11-26(16-23)39-25-9-5-4-6-10-25/h4-16,19-20,29H,17-18H2,1-3H3,(H,33,36)/t29-/m0/s1. The molecular formula is C31H30N4O4S. The van der Waals surface area contributed by atoms with Crippen LogP contribution in [0, 0.1) is 0 Å². The number of para-hydroxylation sites is 1. The molecule has 0 fully saturated rings. The Morgan fingerprint density at radius 3 is 2.52 bits per heavy atom. The summed E-state index contributed by atoms with van der Waals surface area (Å²) in [6.07, 6.45) is 3.22. The van der Waals surface area contributed by atoms with Gasteiger partial charge in [0.15, 0.2) is 5.17 Å². The largest absolute Gasteiger partial charge is 0.459 e. The predicted molar refractivity (Wildman–Crippen MR) is 155 cm³/mol. The average Bonchev–Trinajstić information content (AvgIpc) is 3.33. The van der Waals surface area contributed by atoms with Crippen LogP contribution in [0.1, 0.15) is 44.4 Å². The number of hydrogen-bond donors (Lipinski definition) is 1. The van der Waals surface area contributed by atoms with E-state index in [2.05, 4.69) is 10.3 Å². The van der Waals surface area contributed by atoms with E-state index in [1.165, 1.54) is 11.8 Å². The van der Waals surface area contributed by atoms with Crippen molar-refractivity contribution in [3.63, 3.8) is 0 Å². The summed E-state index contributed by atoms with van der Waals surface area (Å²) in [5.41, 5.74) is 3.54. The molecule has 1 amide bonds. The highest BCUT2D eigenvalue weighted by atomic mass is 32.2. The van der Waals surface area contributed by atoms with Gasteiger partial charge in [-0.05, 0) is 73.7 Å². The lowest BCUT2D eigenvalue weighted by Crippen LogP contribution is -2.38. The van der Waals surface area contributed by atoms with Gasteiger partial charge in [-0.15, -0.1) is 0 Å². The van der Waals surface area contributed by atoms with E-state index in [9.17, 15) is 9.59 Å². The van der Waals surface area contributed by atoms with Gasteiger partial charge in [-0.3, -0.25) is 9.78 Å². The number of benzene rings is 2. The Hall–Kier alpha value is -4.37. The van der Waals surface area contributed by atoms with E-state index < -0.39 is 12.0 Å². The van der Waals surface area contributed by atoms with Crippen LogP contribution in [0.4, 0.5) is 0 Å². The second-order valence-corrected chi connectivity index (χ2v) is 10.5. The molecule has 0 saturated carbocycles. The molecule has 204 valence electrons. The second-order valence-electron chi connectivity index (χ2n) is 9.64. The summed E-state index contributed by atoms with van der Waals surface area (Å²) in [6, 6.07) is 20.3. The van der Waals surface area contributed by atoms with E-state index in [0.717, 1.165) is 16.8 Å². The Labute approximate surface area is 237 Å². The number of aromatic nitrogens is 1. The number of thioether (sulfide) groups is 1. The van der Waals surface area contributed by atoms with Crippen LogP contribution in [0.15, 0.2) is 106 Å². The number of pyridine rings is 1. The van der Waals surface area contributed by atoms with Crippen LogP contribution < -0.4 is 10.1 Å². The van der Waals surface area contributed by atoms with Crippen LogP contribution in [0.2, 0.25) is 0 Å². The summed E-state index contributed by atoms with van der Waals surface area (Å²) in [5.74, 6) is 0.768. The Balaban J connectivity index is 1.45. The number of carbonyl (C=O) groups is 2. The fourth-order valence-electron chi connectivity index (χ4n) is 4.52. The lowest BCUT2D eigenvalue weighted by atomic mass is 9.93. The Morgan fingerprint density at radius 1 is 1.02 bits per heavy atom. The molecule has 0 saturated heterocycles. The normalized spacial score (nSPS) is 16.3. The number of allylic oxidation sites excluding steroid dienone is 1. The molecule has 2 aromatic carbocycles. The summed E-state index contributed by atoms with van der Waals surface area (Å²) in [5, 5.41) is 5.60. The molecule has 2 aliphatic rings. The number of ether oxygens (including phenoxy) is 2. The van der Waals surface area contributed by atoms with Gasteiger partial charge in [-0.2, -0.15) is 0 Å². The molecule has 40 heavy (non-hydrogen) atoms. The minimum atomic E-state index is -0.549. The third-order valence-electron chi connectivity index (χ3n) is 6.30. The number of hydrogen-bond acceptors (Lipinski definition) is 8. The molecule has 3 heterocycles. The van der Waals surface area contributed by atoms with Crippen LogP contribution in [0.3, 0.4) is 0 Å². The summed E-state index contributed by atoms with van der Waals surface area (Å²) in [7, 11) is 0. The van der Waals surface area contributed by atoms with E-state index in [0.29, 0.717) is 34.5 Å². The molecule has 1 aromatic heterocycles. The summed E-state index contributed by atoms with van der Waals surface area (Å²) in [6.45, 7) is 5.85. The van der Waals surface area contributed by atoms with Gasteiger partial charge in [-0.25, -0.2) is 9.79 Å². The molecule has 0 spiro atoms. The van der Waals surface area contributed by atoms with Crippen molar-refractivity contribution < 1.29 is 19.1 Å². The maximum absolute atomic E-state index is 13.4. The molecule has 0 aliphatic carbocycles. The van der Waals surface area contributed by atoms with Crippen molar-refractivity contribution in [2.75, 3.05) is 0 Å². The van der Waals surface area contributed by atoms with Gasteiger partial charge >= 0.3 is 5.97 Å². The number of aliphatic imine (C=N–C) groups is 1. The van der Waals surface area contributed by atoms with E-state index in [4.69, 9.17) is 14.5 Å². The number of amidine groups is 1. The van der Waals surface area contributed by atoms with Crippen LogP contribution in [0.5, 0.6) is 11.5 Å². The van der Waals surface area contributed by atoms with Gasteiger partial charge in [0, 0.05) is 24.6 Å². The lowest BCUT2D eigenvalue weighted by molar-refractivity contribution is -0.143. The Bertz CT molecular complexity index is 1490. The number of esters is 1. The van der Waals surface area contributed by atoms with Crippen molar-refractivity contribution in [2.24, 2.45) is 4.99 Å². The summed E-state index contributed by atoms with van der Waals surface area (Å²) < 4.78 is 11.8. The van der Waals surface area contributed by atoms with Gasteiger partial charge in [0.2, 0.25) is 5.91 Å². The quantitative estimate of drug-likeness (QED) is 0.319. The molecule has 9 heteroatoms. The first-order valence-corrected chi connectivity index (χ1v) is 13.9. The highest BCUT2D eigenvalue weighted by Gasteiger charge is 2.41. The molecular weight excluding hydrogens is 524 g/mol. The van der Waals surface area contributed by atoms with Gasteiger partial charge in [0.05, 0.1) is 29.8 Å². The van der Waals surface area contributed by atoms with Gasteiger partial charge in [0.1, 0.15) is 11.5 Å². The summed E-state index contributed by atoms with van der Waals surface area (Å²) >= 11 is 1.44. The SMILES string of the molecule is CC1=C(C(=O)OC(C)C)[C@H](c2cccc(Oc3ccccc3)c2)N2C(CC(=O)NCc3ccncc3)=CSC2=N1. The third-order valence-corrected chi connectivity index (χ3v) is 7.19. The van der Waals surface area contributed by atoms with E-state index >= 15 is 0 Å². The lowest BCUT2D eigenvalue weighted by Gasteiger charge is -2.36. The smallest absolute Gasteiger partial charge is 0.338 e. The topological polar surface area (TPSA) is 93.1 Å². The minimum Gasteiger partial charge on any atom is -0.459 e. The number of carbonyl (C=O) groups excluding carboxylic acids is 2. The molecule has 1 atom stereocenters. The molecule has 0 bridgehead atoms. The molecule has 8 nitrogen and oxygen atoms in total. The van der Waals surface area contributed by atoms with Crippen molar-refractivity contribution >= 4 is 28.8 Å². The second kappa shape index (κ2) is 12.2. The van der Waals surface area contributed by atoms with Gasteiger partial charge in [-0.1, -0.05) is 42.1 Å². The minimum absolute atomic E-state index is 0.124. The fraction of sp³-hybridized carbons (Fsp3) is 0.226. The predicted octanol–water partition coefficient (Wildman–Crippen LogP) is 6.11. The van der Waals surface area contributed by atoms with E-state index in [-0.39, 0.29) is 18.4 Å². The molecule has 3 aromatic rings. The number of nitrogens with zero attached hydrogens (tertiary/aromatic N) is 3. The van der Waals surface area contributed by atoms with Crippen molar-refractivity contribution in [1.29, 1.82) is 0 Å². The maximum Gasteiger partial charge on any atom is 0.338 e. The summed E-state index contributed by atoms with van der Waals surface area (Å²) in [4.78, 5) is 37.2. The van der Waals surface area contributed by atoms with Crippen LogP contribution in [-0.2, 0) is 20.9 Å². The first kappa shape index (κ1) is 27.2. The molecule has 0 unspecified atom stereocenters. The zero-order valence-electron chi connectivity index (χ0n) is 22.5. The van der Waals surface area contributed by atoms with E-state index in [1.54, 1.807) is 12.4 Å². The van der Waals surface area contributed by atoms with Gasteiger partial charge < -0.3 is 19.7 Å².